The molecule has 0 bridgehead atoms. The third-order valence-electron chi connectivity index (χ3n) is 4.86. The van der Waals surface area contributed by atoms with Gasteiger partial charge in [0.15, 0.2) is 0 Å². The van der Waals surface area contributed by atoms with E-state index in [-0.39, 0.29) is 16.9 Å². The molecule has 2 aliphatic rings. The van der Waals surface area contributed by atoms with Gasteiger partial charge in [0, 0.05) is 6.04 Å². The van der Waals surface area contributed by atoms with Crippen molar-refractivity contribution in [1.29, 1.82) is 0 Å². The summed E-state index contributed by atoms with van der Waals surface area (Å²) in [7, 11) is -3.85. The van der Waals surface area contributed by atoms with Gasteiger partial charge >= 0.3 is 5.97 Å². The monoisotopic (exact) mass is 327 g/mol. The first-order valence-electron chi connectivity index (χ1n) is 7.65. The van der Waals surface area contributed by atoms with Crippen molar-refractivity contribution in [2.45, 2.75) is 62.9 Å². The minimum Gasteiger partial charge on any atom is -0.480 e. The Hall–Kier alpha value is -1.34. The topological polar surface area (TPSA) is 87.8 Å². The zero-order valence-electron chi connectivity index (χ0n) is 12.8. The first kappa shape index (κ1) is 15.6. The van der Waals surface area contributed by atoms with E-state index in [0.29, 0.717) is 17.9 Å². The lowest BCUT2D eigenvalue weighted by atomic mass is 9.85. The molecule has 1 aromatic rings. The lowest BCUT2D eigenvalue weighted by Gasteiger charge is -2.31. The number of furan rings is 1. The van der Waals surface area contributed by atoms with Crippen LogP contribution in [-0.4, -0.2) is 35.9 Å². The van der Waals surface area contributed by atoms with Crippen molar-refractivity contribution in [2.24, 2.45) is 5.92 Å². The van der Waals surface area contributed by atoms with E-state index >= 15 is 0 Å². The van der Waals surface area contributed by atoms with Crippen LogP contribution in [0, 0.1) is 19.8 Å². The van der Waals surface area contributed by atoms with Crippen LogP contribution < -0.4 is 0 Å². The maximum Gasteiger partial charge on any atom is 0.322 e. The van der Waals surface area contributed by atoms with Crippen LogP contribution in [0.2, 0.25) is 0 Å². The highest BCUT2D eigenvalue weighted by Gasteiger charge is 2.51. The standard InChI is InChI=1S/C15H21NO5S/c1-9-7-14(10(2)21-9)22(19,20)16-12-6-4-3-5-11(12)8-13(16)15(17)18/h7,11-13H,3-6,8H2,1-2H3,(H,17,18). The van der Waals surface area contributed by atoms with Crippen LogP contribution in [0.5, 0.6) is 0 Å². The van der Waals surface area contributed by atoms with Crippen molar-refractivity contribution in [3.63, 3.8) is 0 Å². The molecule has 122 valence electrons. The van der Waals surface area contributed by atoms with Gasteiger partial charge < -0.3 is 9.52 Å². The number of carboxylic acids is 1. The number of fused-ring (bicyclic) bond motifs is 1. The molecule has 22 heavy (non-hydrogen) atoms. The molecule has 7 heteroatoms. The molecule has 1 saturated carbocycles. The van der Waals surface area contributed by atoms with Gasteiger partial charge in [-0.1, -0.05) is 12.8 Å². The minimum absolute atomic E-state index is 0.0995. The van der Waals surface area contributed by atoms with E-state index < -0.39 is 22.0 Å². The minimum atomic E-state index is -3.85. The molecule has 2 heterocycles. The highest BCUT2D eigenvalue weighted by molar-refractivity contribution is 7.89. The van der Waals surface area contributed by atoms with Gasteiger partial charge in [-0.2, -0.15) is 4.31 Å². The van der Waals surface area contributed by atoms with Crippen molar-refractivity contribution in [1.82, 2.24) is 4.31 Å². The predicted molar refractivity (Wildman–Crippen MR) is 79.0 cm³/mol. The van der Waals surface area contributed by atoms with Gasteiger partial charge in [0.25, 0.3) is 0 Å². The zero-order chi connectivity index (χ0) is 16.1. The molecule has 0 aromatic carbocycles. The van der Waals surface area contributed by atoms with Crippen LogP contribution in [0.15, 0.2) is 15.4 Å². The molecule has 1 aliphatic carbocycles. The first-order valence-corrected chi connectivity index (χ1v) is 9.09. The van der Waals surface area contributed by atoms with Crippen LogP contribution >= 0.6 is 0 Å². The Labute approximate surface area is 130 Å². The summed E-state index contributed by atoms with van der Waals surface area (Å²) in [6.45, 7) is 3.29. The highest BCUT2D eigenvalue weighted by atomic mass is 32.2. The van der Waals surface area contributed by atoms with E-state index in [4.69, 9.17) is 4.42 Å². The largest absolute Gasteiger partial charge is 0.480 e. The van der Waals surface area contributed by atoms with Crippen LogP contribution in [0.4, 0.5) is 0 Å². The van der Waals surface area contributed by atoms with E-state index in [1.807, 2.05) is 0 Å². The Bertz CT molecular complexity index is 693. The summed E-state index contributed by atoms with van der Waals surface area (Å²) in [5.41, 5.74) is 0. The van der Waals surface area contributed by atoms with Gasteiger partial charge in [0.2, 0.25) is 10.0 Å². The summed E-state index contributed by atoms with van der Waals surface area (Å²) in [5.74, 6) is -0.0722. The Kier molecular flexibility index (Phi) is 3.81. The number of sulfonamides is 1. The molecule has 2 fully saturated rings. The number of rotatable bonds is 3. The number of aryl methyl sites for hydroxylation is 2. The van der Waals surface area contributed by atoms with E-state index in [0.717, 1.165) is 25.7 Å². The number of hydrogen-bond acceptors (Lipinski definition) is 4. The van der Waals surface area contributed by atoms with Crippen molar-refractivity contribution in [2.75, 3.05) is 0 Å². The van der Waals surface area contributed by atoms with Crippen LogP contribution in [0.1, 0.15) is 43.6 Å². The van der Waals surface area contributed by atoms with Crippen molar-refractivity contribution >= 4 is 16.0 Å². The summed E-state index contributed by atoms with van der Waals surface area (Å²) < 4.78 is 32.7. The van der Waals surface area contributed by atoms with Gasteiger partial charge in [0.05, 0.1) is 0 Å². The normalized spacial score (nSPS) is 29.5. The van der Waals surface area contributed by atoms with Gasteiger partial charge in [-0.25, -0.2) is 8.42 Å². The molecule has 0 spiro atoms. The van der Waals surface area contributed by atoms with E-state index in [1.165, 1.54) is 10.4 Å². The molecule has 1 aromatic heterocycles. The van der Waals surface area contributed by atoms with Crippen LogP contribution in [0.25, 0.3) is 0 Å². The quantitative estimate of drug-likeness (QED) is 0.920. The lowest BCUT2D eigenvalue weighted by Crippen LogP contribution is -2.46. The van der Waals surface area contributed by atoms with Crippen molar-refractivity contribution in [3.05, 3.63) is 17.6 Å². The summed E-state index contributed by atoms with van der Waals surface area (Å²) in [5, 5.41) is 9.49. The molecule has 0 amide bonds. The van der Waals surface area contributed by atoms with E-state index in [9.17, 15) is 18.3 Å². The van der Waals surface area contributed by atoms with Crippen LogP contribution in [-0.2, 0) is 14.8 Å². The maximum atomic E-state index is 13.0. The molecule has 1 N–H and O–H groups in total. The van der Waals surface area contributed by atoms with Crippen molar-refractivity contribution in [3.8, 4) is 0 Å². The van der Waals surface area contributed by atoms with Crippen LogP contribution in [0.3, 0.4) is 0 Å². The molecule has 3 rings (SSSR count). The molecule has 6 nitrogen and oxygen atoms in total. The predicted octanol–water partition coefficient (Wildman–Crippen LogP) is 2.30. The fourth-order valence-electron chi connectivity index (χ4n) is 3.95. The Morgan fingerprint density at radius 2 is 2.00 bits per heavy atom. The molecule has 0 radical (unpaired) electrons. The van der Waals surface area contributed by atoms with Gasteiger partial charge in [0.1, 0.15) is 22.5 Å². The Morgan fingerprint density at radius 1 is 1.32 bits per heavy atom. The lowest BCUT2D eigenvalue weighted by molar-refractivity contribution is -0.141. The van der Waals surface area contributed by atoms with E-state index in [1.54, 1.807) is 13.8 Å². The fraction of sp³-hybridized carbons (Fsp3) is 0.667. The SMILES string of the molecule is Cc1cc(S(=O)(=O)N2C(C(=O)O)CC3CCCCC32)c(C)o1. The molecular weight excluding hydrogens is 306 g/mol. The average molecular weight is 327 g/mol. The number of hydrogen-bond donors (Lipinski definition) is 1. The molecule has 1 saturated heterocycles. The highest BCUT2D eigenvalue weighted by Crippen LogP contribution is 2.43. The third kappa shape index (κ3) is 2.36. The third-order valence-corrected chi connectivity index (χ3v) is 6.91. The van der Waals surface area contributed by atoms with Gasteiger partial charge in [-0.15, -0.1) is 0 Å². The molecular formula is C15H21NO5S. The maximum absolute atomic E-state index is 13.0. The molecule has 1 aliphatic heterocycles. The molecule has 3 atom stereocenters. The number of aliphatic carboxylic acids is 1. The number of nitrogens with zero attached hydrogens (tertiary/aromatic N) is 1. The average Bonchev–Trinajstić information content (AvgIpc) is 2.99. The fourth-order valence-corrected chi connectivity index (χ4v) is 6.04. The second-order valence-corrected chi connectivity index (χ2v) is 8.13. The second-order valence-electron chi connectivity index (χ2n) is 6.31. The Balaban J connectivity index is 2.06. The summed E-state index contributed by atoms with van der Waals surface area (Å²) in [6, 6.07) is 0.321. The first-order chi connectivity index (χ1) is 10.3. The summed E-state index contributed by atoms with van der Waals surface area (Å²) >= 11 is 0. The number of carbonyl (C=O) groups is 1. The van der Waals surface area contributed by atoms with E-state index in [2.05, 4.69) is 0 Å². The number of carboxylic acid groups (broad SMARTS) is 1. The summed E-state index contributed by atoms with van der Waals surface area (Å²) in [4.78, 5) is 11.7. The van der Waals surface area contributed by atoms with Gasteiger partial charge in [-0.3, -0.25) is 4.79 Å². The smallest absolute Gasteiger partial charge is 0.322 e. The second kappa shape index (κ2) is 5.38. The van der Waals surface area contributed by atoms with Crippen molar-refractivity contribution < 1.29 is 22.7 Å². The van der Waals surface area contributed by atoms with Gasteiger partial charge in [-0.05, 0) is 45.1 Å². The zero-order valence-corrected chi connectivity index (χ0v) is 13.6. The molecule has 3 unspecified atom stereocenters. The Morgan fingerprint density at radius 3 is 2.59 bits per heavy atom. The summed E-state index contributed by atoms with van der Waals surface area (Å²) in [6.07, 6.45) is 4.05.